The zero-order valence-electron chi connectivity index (χ0n) is 11.0. The van der Waals surface area contributed by atoms with Crippen molar-refractivity contribution in [1.29, 1.82) is 0 Å². The fourth-order valence-electron chi connectivity index (χ4n) is 1.95. The normalized spacial score (nSPS) is 21.5. The predicted octanol–water partition coefficient (Wildman–Crippen LogP) is 0.450. The van der Waals surface area contributed by atoms with Crippen LogP contribution in [-0.4, -0.2) is 42.8 Å². The Kier molecular flexibility index (Phi) is 3.91. The van der Waals surface area contributed by atoms with Gasteiger partial charge in [0.15, 0.2) is 0 Å². The van der Waals surface area contributed by atoms with Crippen LogP contribution in [0.5, 0.6) is 5.75 Å². The molecule has 2 rings (SSSR count). The van der Waals surface area contributed by atoms with Crippen LogP contribution in [-0.2, 0) is 9.53 Å². The second-order valence-electron chi connectivity index (χ2n) is 4.63. The number of hydrogen-bond donors (Lipinski definition) is 3. The van der Waals surface area contributed by atoms with E-state index in [0.717, 1.165) is 0 Å². The third-order valence-corrected chi connectivity index (χ3v) is 3.21. The third-order valence-electron chi connectivity index (χ3n) is 3.21. The minimum absolute atomic E-state index is 0.0262. The van der Waals surface area contributed by atoms with E-state index in [1.807, 2.05) is 0 Å². The van der Waals surface area contributed by atoms with Crippen molar-refractivity contribution in [1.82, 2.24) is 0 Å². The maximum atomic E-state index is 12.2. The Morgan fingerprint density at radius 1 is 1.50 bits per heavy atom. The highest BCUT2D eigenvalue weighted by Crippen LogP contribution is 2.25. The number of rotatable bonds is 4. The highest BCUT2D eigenvalue weighted by Gasteiger charge is 2.38. The molecule has 1 amide bonds. The van der Waals surface area contributed by atoms with E-state index < -0.39 is 17.4 Å². The topological polar surface area (TPSA) is 111 Å². The molecule has 1 heterocycles. The van der Waals surface area contributed by atoms with E-state index in [0.29, 0.717) is 18.8 Å². The van der Waals surface area contributed by atoms with Crippen LogP contribution >= 0.6 is 0 Å². The summed E-state index contributed by atoms with van der Waals surface area (Å²) in [6.07, 6.45) is 0.394. The van der Waals surface area contributed by atoms with Gasteiger partial charge in [-0.05, 0) is 18.6 Å². The summed E-state index contributed by atoms with van der Waals surface area (Å²) < 4.78 is 10.1. The lowest BCUT2D eigenvalue weighted by Gasteiger charge is -2.21. The lowest BCUT2D eigenvalue weighted by atomic mass is 9.99. The molecule has 0 saturated carbocycles. The fraction of sp³-hybridized carbons (Fsp3) is 0.385. The quantitative estimate of drug-likeness (QED) is 0.738. The standard InChI is InChI=1S/C13H16N2O5/c1-19-8-2-3-9(11(16)17)10(6-8)15-12(18)13(14)4-5-20-7-13/h2-3,6H,4-5,7,14H2,1H3,(H,15,18)(H,16,17). The summed E-state index contributed by atoms with van der Waals surface area (Å²) in [5.41, 5.74) is 4.93. The number of hydrogen-bond acceptors (Lipinski definition) is 5. The number of carboxylic acids is 1. The van der Waals surface area contributed by atoms with Crippen molar-refractivity contribution in [2.24, 2.45) is 5.73 Å². The number of methoxy groups -OCH3 is 1. The first kappa shape index (κ1) is 14.3. The van der Waals surface area contributed by atoms with Gasteiger partial charge in [-0.25, -0.2) is 4.79 Å². The lowest BCUT2D eigenvalue weighted by molar-refractivity contribution is -0.121. The largest absolute Gasteiger partial charge is 0.497 e. The monoisotopic (exact) mass is 280 g/mol. The van der Waals surface area contributed by atoms with Crippen molar-refractivity contribution in [3.05, 3.63) is 23.8 Å². The molecule has 0 aromatic heterocycles. The van der Waals surface area contributed by atoms with Crippen LogP contribution in [0, 0.1) is 0 Å². The van der Waals surface area contributed by atoms with Crippen LogP contribution in [0.3, 0.4) is 0 Å². The smallest absolute Gasteiger partial charge is 0.337 e. The molecule has 4 N–H and O–H groups in total. The molecule has 7 heteroatoms. The Balaban J connectivity index is 2.27. The number of anilines is 1. The fourth-order valence-corrected chi connectivity index (χ4v) is 1.95. The van der Waals surface area contributed by atoms with Crippen LogP contribution in [0.4, 0.5) is 5.69 Å². The maximum Gasteiger partial charge on any atom is 0.337 e. The number of nitrogens with one attached hydrogen (secondary N) is 1. The van der Waals surface area contributed by atoms with Crippen molar-refractivity contribution >= 4 is 17.6 Å². The first-order valence-electron chi connectivity index (χ1n) is 6.06. The summed E-state index contributed by atoms with van der Waals surface area (Å²) in [4.78, 5) is 23.3. The van der Waals surface area contributed by atoms with E-state index >= 15 is 0 Å². The number of aromatic carboxylic acids is 1. The molecule has 0 aliphatic carbocycles. The number of carbonyl (C=O) groups is 2. The van der Waals surface area contributed by atoms with Gasteiger partial charge in [-0.15, -0.1) is 0 Å². The van der Waals surface area contributed by atoms with Crippen molar-refractivity contribution in [3.63, 3.8) is 0 Å². The Bertz CT molecular complexity index is 538. The summed E-state index contributed by atoms with van der Waals surface area (Å²) in [6, 6.07) is 4.32. The maximum absolute atomic E-state index is 12.2. The van der Waals surface area contributed by atoms with Crippen molar-refractivity contribution in [3.8, 4) is 5.75 Å². The summed E-state index contributed by atoms with van der Waals surface area (Å²) in [6.45, 7) is 0.527. The molecule has 1 aliphatic rings. The molecule has 7 nitrogen and oxygen atoms in total. The van der Waals surface area contributed by atoms with Gasteiger partial charge in [0.1, 0.15) is 11.3 Å². The molecule has 1 aromatic rings. The summed E-state index contributed by atoms with van der Waals surface area (Å²) in [5.74, 6) is -1.17. The zero-order chi connectivity index (χ0) is 14.8. The summed E-state index contributed by atoms with van der Waals surface area (Å²) in [7, 11) is 1.45. The van der Waals surface area contributed by atoms with Gasteiger partial charge in [0.2, 0.25) is 5.91 Å². The van der Waals surface area contributed by atoms with Crippen molar-refractivity contribution in [2.45, 2.75) is 12.0 Å². The molecule has 1 saturated heterocycles. The molecule has 1 fully saturated rings. The highest BCUT2D eigenvalue weighted by atomic mass is 16.5. The van der Waals surface area contributed by atoms with Crippen LogP contribution < -0.4 is 15.8 Å². The van der Waals surface area contributed by atoms with Gasteiger partial charge in [0.05, 0.1) is 25.0 Å². The van der Waals surface area contributed by atoms with Gasteiger partial charge in [-0.3, -0.25) is 4.79 Å². The average Bonchev–Trinajstić information content (AvgIpc) is 2.86. The zero-order valence-corrected chi connectivity index (χ0v) is 11.0. The van der Waals surface area contributed by atoms with Gasteiger partial charge >= 0.3 is 5.97 Å². The predicted molar refractivity (Wildman–Crippen MR) is 70.9 cm³/mol. The molecular weight excluding hydrogens is 264 g/mol. The number of nitrogens with two attached hydrogens (primary N) is 1. The van der Waals surface area contributed by atoms with E-state index in [2.05, 4.69) is 5.32 Å². The molecule has 1 unspecified atom stereocenters. The van der Waals surface area contributed by atoms with Gasteiger partial charge in [-0.1, -0.05) is 0 Å². The van der Waals surface area contributed by atoms with E-state index in [9.17, 15) is 9.59 Å². The van der Waals surface area contributed by atoms with Gasteiger partial charge < -0.3 is 25.6 Å². The molecule has 1 atom stereocenters. The SMILES string of the molecule is COc1ccc(C(=O)O)c(NC(=O)C2(N)CCOC2)c1. The molecule has 0 spiro atoms. The first-order chi connectivity index (χ1) is 9.46. The molecule has 20 heavy (non-hydrogen) atoms. The minimum atomic E-state index is -1.14. The van der Waals surface area contributed by atoms with Gasteiger partial charge in [0, 0.05) is 12.7 Å². The van der Waals surface area contributed by atoms with E-state index in [1.54, 1.807) is 0 Å². The van der Waals surface area contributed by atoms with E-state index in [4.69, 9.17) is 20.3 Å². The van der Waals surface area contributed by atoms with E-state index in [1.165, 1.54) is 25.3 Å². The Labute approximate surface area is 115 Å². The molecule has 0 bridgehead atoms. The molecule has 108 valence electrons. The molecule has 1 aromatic carbocycles. The third kappa shape index (κ3) is 2.73. The van der Waals surface area contributed by atoms with Crippen molar-refractivity contribution < 1.29 is 24.2 Å². The molecule has 1 aliphatic heterocycles. The lowest BCUT2D eigenvalue weighted by Crippen LogP contribution is -2.51. The second-order valence-corrected chi connectivity index (χ2v) is 4.63. The number of amides is 1. The number of ether oxygens (including phenoxy) is 2. The summed E-state index contributed by atoms with van der Waals surface area (Å²) in [5, 5.41) is 11.7. The second kappa shape index (κ2) is 5.48. The Morgan fingerprint density at radius 2 is 2.25 bits per heavy atom. The number of benzene rings is 1. The van der Waals surface area contributed by atoms with Crippen LogP contribution in [0.25, 0.3) is 0 Å². The number of carboxylic acid groups (broad SMARTS) is 1. The Morgan fingerprint density at radius 3 is 2.80 bits per heavy atom. The average molecular weight is 280 g/mol. The van der Waals surface area contributed by atoms with Crippen LogP contribution in [0.2, 0.25) is 0 Å². The van der Waals surface area contributed by atoms with Gasteiger partial charge in [0.25, 0.3) is 0 Å². The van der Waals surface area contributed by atoms with Gasteiger partial charge in [-0.2, -0.15) is 0 Å². The molecular formula is C13H16N2O5. The number of carbonyl (C=O) groups excluding carboxylic acids is 1. The van der Waals surface area contributed by atoms with E-state index in [-0.39, 0.29) is 17.9 Å². The Hall–Kier alpha value is -2.12. The minimum Gasteiger partial charge on any atom is -0.497 e. The first-order valence-corrected chi connectivity index (χ1v) is 6.06. The van der Waals surface area contributed by atoms with Crippen LogP contribution in [0.15, 0.2) is 18.2 Å². The molecule has 0 radical (unpaired) electrons. The van der Waals surface area contributed by atoms with Crippen molar-refractivity contribution in [2.75, 3.05) is 25.6 Å². The van der Waals surface area contributed by atoms with Crippen LogP contribution in [0.1, 0.15) is 16.8 Å². The summed E-state index contributed by atoms with van der Waals surface area (Å²) >= 11 is 0. The highest BCUT2D eigenvalue weighted by molar-refractivity contribution is 6.04.